The molecule has 4 rings (SSSR count). The molecule has 1 atom stereocenters. The van der Waals surface area contributed by atoms with Crippen LogP contribution in [0.25, 0.3) is 10.2 Å². The summed E-state index contributed by atoms with van der Waals surface area (Å²) in [6.07, 6.45) is 8.15. The number of rotatable bonds is 4. The maximum absolute atomic E-state index is 12.8. The van der Waals surface area contributed by atoms with Gasteiger partial charge in [0.25, 0.3) is 0 Å². The lowest BCUT2D eigenvalue weighted by Crippen LogP contribution is -2.44. The van der Waals surface area contributed by atoms with Crippen LogP contribution in [0.15, 0.2) is 5.03 Å². The van der Waals surface area contributed by atoms with Crippen molar-refractivity contribution < 1.29 is 4.79 Å². The molecule has 1 aliphatic carbocycles. The lowest BCUT2D eigenvalue weighted by molar-refractivity contribution is -0.132. The van der Waals surface area contributed by atoms with Gasteiger partial charge in [-0.15, -0.1) is 11.3 Å². The third-order valence-corrected chi connectivity index (χ3v) is 7.54. The topological polar surface area (TPSA) is 46.1 Å². The first-order valence-electron chi connectivity index (χ1n) is 9.38. The van der Waals surface area contributed by atoms with Crippen molar-refractivity contribution in [2.24, 2.45) is 0 Å². The number of likely N-dealkylation sites (tertiary alicyclic amines) is 1. The molecule has 0 N–H and O–H groups in total. The Hall–Kier alpha value is -1.14. The summed E-state index contributed by atoms with van der Waals surface area (Å²) >= 11 is 3.43. The van der Waals surface area contributed by atoms with E-state index in [1.807, 2.05) is 18.3 Å². The first kappa shape index (κ1) is 17.3. The minimum atomic E-state index is 0.271. The number of fused-ring (bicyclic) bond motifs is 3. The molecule has 25 heavy (non-hydrogen) atoms. The molecule has 0 spiro atoms. The summed E-state index contributed by atoms with van der Waals surface area (Å²) in [6, 6.07) is 0.430. The maximum atomic E-state index is 12.8. The first-order chi connectivity index (χ1) is 12.2. The van der Waals surface area contributed by atoms with E-state index in [-0.39, 0.29) is 5.91 Å². The average molecular weight is 376 g/mol. The van der Waals surface area contributed by atoms with Crippen LogP contribution in [0.3, 0.4) is 0 Å². The largest absolute Gasteiger partial charge is 0.339 e. The molecule has 1 fully saturated rings. The number of nitrogens with zero attached hydrogens (tertiary/aromatic N) is 3. The molecule has 4 nitrogen and oxygen atoms in total. The van der Waals surface area contributed by atoms with Gasteiger partial charge in [-0.05, 0) is 57.4 Å². The second-order valence-corrected chi connectivity index (χ2v) is 9.09. The molecule has 0 unspecified atom stereocenters. The molecule has 6 heteroatoms. The quantitative estimate of drug-likeness (QED) is 0.588. The van der Waals surface area contributed by atoms with Crippen LogP contribution in [-0.4, -0.2) is 39.1 Å². The molecule has 134 valence electrons. The Kier molecular flexibility index (Phi) is 5.00. The fourth-order valence-electron chi connectivity index (χ4n) is 4.13. The molecule has 0 radical (unpaired) electrons. The third-order valence-electron chi connectivity index (χ3n) is 5.39. The number of hydrogen-bond donors (Lipinski definition) is 0. The molecule has 2 aromatic heterocycles. The SMILES string of the molecule is CC[C@@H]1CCCCN1C(=O)CSc1nc(C)nc2sc3c(c12)CCC3. The number of amides is 1. The van der Waals surface area contributed by atoms with Gasteiger partial charge >= 0.3 is 0 Å². The molecule has 1 amide bonds. The van der Waals surface area contributed by atoms with Crippen molar-refractivity contribution in [1.82, 2.24) is 14.9 Å². The highest BCUT2D eigenvalue weighted by atomic mass is 32.2. The predicted octanol–water partition coefficient (Wildman–Crippen LogP) is 4.37. The standard InChI is InChI=1S/C19H25N3OS2/c1-3-13-7-4-5-10-22(13)16(23)11-24-18-17-14-8-6-9-15(14)25-19(17)21-12(2)20-18/h13H,3-11H2,1-2H3/t13-/m1/s1. The molecule has 0 aromatic carbocycles. The van der Waals surface area contributed by atoms with E-state index in [4.69, 9.17) is 4.98 Å². The molecule has 2 aliphatic rings. The number of hydrogen-bond acceptors (Lipinski definition) is 5. The van der Waals surface area contributed by atoms with Crippen molar-refractivity contribution in [2.45, 2.75) is 69.9 Å². The van der Waals surface area contributed by atoms with Gasteiger partial charge in [0.1, 0.15) is 15.7 Å². The Bertz CT molecular complexity index is 802. The van der Waals surface area contributed by atoms with Crippen molar-refractivity contribution in [3.8, 4) is 0 Å². The zero-order valence-electron chi connectivity index (χ0n) is 15.0. The lowest BCUT2D eigenvalue weighted by atomic mass is 10.0. The van der Waals surface area contributed by atoms with Crippen LogP contribution in [0, 0.1) is 6.92 Å². The van der Waals surface area contributed by atoms with Crippen molar-refractivity contribution in [3.63, 3.8) is 0 Å². The summed E-state index contributed by atoms with van der Waals surface area (Å²) < 4.78 is 0. The molecule has 1 saturated heterocycles. The Morgan fingerprint density at radius 3 is 3.00 bits per heavy atom. The fourth-order valence-corrected chi connectivity index (χ4v) is 6.49. The van der Waals surface area contributed by atoms with E-state index in [1.165, 1.54) is 35.1 Å². The van der Waals surface area contributed by atoms with Crippen LogP contribution in [0.5, 0.6) is 0 Å². The number of carbonyl (C=O) groups excluding carboxylic acids is 1. The summed E-state index contributed by atoms with van der Waals surface area (Å²) in [7, 11) is 0. The van der Waals surface area contributed by atoms with E-state index in [0.29, 0.717) is 11.8 Å². The third kappa shape index (κ3) is 3.31. The molecular formula is C19H25N3OS2. The lowest BCUT2D eigenvalue weighted by Gasteiger charge is -2.35. The van der Waals surface area contributed by atoms with Crippen LogP contribution in [0.1, 0.15) is 55.3 Å². The monoisotopic (exact) mass is 375 g/mol. The summed E-state index contributed by atoms with van der Waals surface area (Å²) in [5, 5.41) is 2.24. The summed E-state index contributed by atoms with van der Waals surface area (Å²) in [6.45, 7) is 5.06. The molecule has 2 aromatic rings. The minimum absolute atomic E-state index is 0.271. The van der Waals surface area contributed by atoms with Crippen LogP contribution in [0.2, 0.25) is 0 Å². The normalized spacial score (nSPS) is 20.2. The van der Waals surface area contributed by atoms with Gasteiger partial charge in [0.15, 0.2) is 0 Å². The summed E-state index contributed by atoms with van der Waals surface area (Å²) in [5.41, 5.74) is 1.44. The van der Waals surface area contributed by atoms with E-state index in [1.54, 1.807) is 11.8 Å². The minimum Gasteiger partial charge on any atom is -0.339 e. The van der Waals surface area contributed by atoms with E-state index in [9.17, 15) is 4.79 Å². The van der Waals surface area contributed by atoms with Gasteiger partial charge in [0.2, 0.25) is 5.91 Å². The van der Waals surface area contributed by atoms with Gasteiger partial charge in [0.05, 0.1) is 5.75 Å². The molecular weight excluding hydrogens is 350 g/mol. The Morgan fingerprint density at radius 1 is 1.28 bits per heavy atom. The molecule has 1 aliphatic heterocycles. The van der Waals surface area contributed by atoms with Gasteiger partial charge in [-0.25, -0.2) is 9.97 Å². The second kappa shape index (κ2) is 7.23. The van der Waals surface area contributed by atoms with Crippen LogP contribution in [0.4, 0.5) is 0 Å². The zero-order valence-corrected chi connectivity index (χ0v) is 16.6. The smallest absolute Gasteiger partial charge is 0.233 e. The summed E-state index contributed by atoms with van der Waals surface area (Å²) in [5.74, 6) is 1.58. The van der Waals surface area contributed by atoms with Crippen LogP contribution >= 0.6 is 23.1 Å². The van der Waals surface area contributed by atoms with Crippen LogP contribution in [-0.2, 0) is 17.6 Å². The fraction of sp³-hybridized carbons (Fsp3) is 0.632. The average Bonchev–Trinajstić information content (AvgIpc) is 3.19. The highest BCUT2D eigenvalue weighted by molar-refractivity contribution is 8.00. The van der Waals surface area contributed by atoms with E-state index in [2.05, 4.69) is 16.8 Å². The maximum Gasteiger partial charge on any atom is 0.233 e. The highest BCUT2D eigenvalue weighted by Gasteiger charge is 2.26. The first-order valence-corrected chi connectivity index (χ1v) is 11.2. The Labute approximate surface area is 157 Å². The van der Waals surface area contributed by atoms with Gasteiger partial charge < -0.3 is 4.90 Å². The van der Waals surface area contributed by atoms with Gasteiger partial charge in [-0.1, -0.05) is 18.7 Å². The van der Waals surface area contributed by atoms with Gasteiger partial charge in [0, 0.05) is 22.8 Å². The Balaban J connectivity index is 1.55. The number of aryl methyl sites for hydroxylation is 3. The number of piperidine rings is 1. The zero-order chi connectivity index (χ0) is 17.4. The van der Waals surface area contributed by atoms with Crippen molar-refractivity contribution >= 4 is 39.2 Å². The van der Waals surface area contributed by atoms with Gasteiger partial charge in [-0.3, -0.25) is 4.79 Å². The van der Waals surface area contributed by atoms with E-state index >= 15 is 0 Å². The number of aromatic nitrogens is 2. The van der Waals surface area contributed by atoms with E-state index in [0.717, 1.165) is 47.9 Å². The Morgan fingerprint density at radius 2 is 2.16 bits per heavy atom. The van der Waals surface area contributed by atoms with E-state index < -0.39 is 0 Å². The molecule has 0 saturated carbocycles. The second-order valence-electron chi connectivity index (χ2n) is 7.05. The van der Waals surface area contributed by atoms with Crippen LogP contribution < -0.4 is 0 Å². The number of thioether (sulfide) groups is 1. The van der Waals surface area contributed by atoms with Crippen molar-refractivity contribution in [1.29, 1.82) is 0 Å². The van der Waals surface area contributed by atoms with Crippen molar-refractivity contribution in [3.05, 3.63) is 16.3 Å². The van der Waals surface area contributed by atoms with Crippen molar-refractivity contribution in [2.75, 3.05) is 12.3 Å². The molecule has 0 bridgehead atoms. The number of thiophene rings is 1. The number of carbonyl (C=O) groups is 1. The van der Waals surface area contributed by atoms with Gasteiger partial charge in [-0.2, -0.15) is 0 Å². The summed E-state index contributed by atoms with van der Waals surface area (Å²) in [4.78, 5) is 26.8. The predicted molar refractivity (Wildman–Crippen MR) is 105 cm³/mol. The highest BCUT2D eigenvalue weighted by Crippen LogP contribution is 2.40. The molecule has 3 heterocycles.